The van der Waals surface area contributed by atoms with Crippen molar-refractivity contribution in [1.29, 1.82) is 0 Å². The molecule has 0 aromatic heterocycles. The van der Waals surface area contributed by atoms with Crippen molar-refractivity contribution in [2.75, 3.05) is 13.7 Å². The molecule has 1 aromatic carbocycles. The van der Waals surface area contributed by atoms with Gasteiger partial charge in [-0.25, -0.2) is 0 Å². The first-order valence-electron chi connectivity index (χ1n) is 6.29. The number of ketones is 1. The van der Waals surface area contributed by atoms with E-state index in [1.54, 1.807) is 18.0 Å². The minimum Gasteiger partial charge on any atom is -0.481 e. The maximum absolute atomic E-state index is 11.9. The molecule has 0 heterocycles. The van der Waals surface area contributed by atoms with E-state index in [4.69, 9.17) is 27.9 Å². The van der Waals surface area contributed by atoms with Crippen LogP contribution in [0.15, 0.2) is 12.1 Å². The van der Waals surface area contributed by atoms with Crippen LogP contribution in [0.25, 0.3) is 0 Å². The maximum Gasteiger partial charge on any atom is 0.260 e. The maximum atomic E-state index is 11.9. The zero-order valence-corrected chi connectivity index (χ0v) is 12.8. The van der Waals surface area contributed by atoms with Gasteiger partial charge in [0.25, 0.3) is 5.91 Å². The summed E-state index contributed by atoms with van der Waals surface area (Å²) >= 11 is 12.0. The summed E-state index contributed by atoms with van der Waals surface area (Å²) in [6, 6.07) is 3.39. The summed E-state index contributed by atoms with van der Waals surface area (Å²) in [5.41, 5.74) is 0.321. The molecule has 0 bridgehead atoms. The van der Waals surface area contributed by atoms with Crippen LogP contribution in [-0.2, 0) is 4.79 Å². The van der Waals surface area contributed by atoms with Gasteiger partial charge < -0.3 is 9.64 Å². The van der Waals surface area contributed by atoms with Gasteiger partial charge in [-0.3, -0.25) is 9.59 Å². The van der Waals surface area contributed by atoms with Crippen LogP contribution in [-0.4, -0.2) is 36.3 Å². The summed E-state index contributed by atoms with van der Waals surface area (Å²) in [5, 5.41) is 0.441. The highest BCUT2D eigenvalue weighted by Gasteiger charge is 2.30. The highest BCUT2D eigenvalue weighted by molar-refractivity contribution is 6.43. The highest BCUT2D eigenvalue weighted by atomic mass is 35.5. The van der Waals surface area contributed by atoms with Crippen molar-refractivity contribution < 1.29 is 14.3 Å². The monoisotopic (exact) mass is 315 g/mol. The van der Waals surface area contributed by atoms with Gasteiger partial charge in [-0.05, 0) is 31.9 Å². The molecule has 0 unspecified atom stereocenters. The van der Waals surface area contributed by atoms with Crippen molar-refractivity contribution in [2.24, 2.45) is 0 Å². The molecule has 6 heteroatoms. The zero-order valence-electron chi connectivity index (χ0n) is 11.3. The van der Waals surface area contributed by atoms with Gasteiger partial charge in [-0.2, -0.15) is 0 Å². The number of likely N-dealkylation sites (N-methyl/N-ethyl adjacent to an activating group) is 1. The second-order valence-electron chi connectivity index (χ2n) is 4.82. The molecular formula is C14H15Cl2NO3. The van der Waals surface area contributed by atoms with Crippen molar-refractivity contribution in [3.8, 4) is 5.75 Å². The fraction of sp³-hybridized carbons (Fsp3) is 0.429. The van der Waals surface area contributed by atoms with Crippen LogP contribution in [0.5, 0.6) is 5.75 Å². The number of hydrogen-bond acceptors (Lipinski definition) is 3. The van der Waals surface area contributed by atoms with E-state index in [9.17, 15) is 9.59 Å². The Morgan fingerprint density at radius 3 is 2.55 bits per heavy atom. The van der Waals surface area contributed by atoms with Gasteiger partial charge in [0.05, 0.1) is 10.6 Å². The number of hydrogen-bond donors (Lipinski definition) is 0. The number of ether oxygens (including phenoxy) is 1. The van der Waals surface area contributed by atoms with Crippen molar-refractivity contribution in [2.45, 2.75) is 25.8 Å². The number of amides is 1. The molecule has 1 saturated carbocycles. The minimum absolute atomic E-state index is 0.141. The molecule has 0 N–H and O–H groups in total. The van der Waals surface area contributed by atoms with Crippen molar-refractivity contribution >= 4 is 34.9 Å². The van der Waals surface area contributed by atoms with E-state index < -0.39 is 0 Å². The van der Waals surface area contributed by atoms with E-state index in [0.29, 0.717) is 11.6 Å². The van der Waals surface area contributed by atoms with Crippen LogP contribution < -0.4 is 4.74 Å². The van der Waals surface area contributed by atoms with Crippen molar-refractivity contribution in [3.63, 3.8) is 0 Å². The van der Waals surface area contributed by atoms with E-state index in [-0.39, 0.29) is 34.1 Å². The van der Waals surface area contributed by atoms with Crippen LogP contribution >= 0.6 is 23.2 Å². The zero-order chi connectivity index (χ0) is 14.9. The molecule has 1 amide bonds. The van der Waals surface area contributed by atoms with Gasteiger partial charge in [-0.1, -0.05) is 23.2 Å². The minimum atomic E-state index is -0.193. The molecule has 0 aliphatic heterocycles. The number of nitrogens with zero attached hydrogens (tertiary/aromatic N) is 1. The van der Waals surface area contributed by atoms with E-state index >= 15 is 0 Å². The van der Waals surface area contributed by atoms with Gasteiger partial charge in [0.1, 0.15) is 5.02 Å². The van der Waals surface area contributed by atoms with Crippen LogP contribution in [0.4, 0.5) is 0 Å². The highest BCUT2D eigenvalue weighted by Crippen LogP contribution is 2.35. The molecule has 20 heavy (non-hydrogen) atoms. The quantitative estimate of drug-likeness (QED) is 0.784. The fourth-order valence-corrected chi connectivity index (χ4v) is 2.22. The largest absolute Gasteiger partial charge is 0.481 e. The molecular weight excluding hydrogens is 301 g/mol. The van der Waals surface area contributed by atoms with E-state index in [1.165, 1.54) is 13.0 Å². The molecule has 4 nitrogen and oxygen atoms in total. The first kappa shape index (κ1) is 15.1. The lowest BCUT2D eigenvalue weighted by atomic mass is 10.1. The smallest absolute Gasteiger partial charge is 0.260 e. The fourth-order valence-electron chi connectivity index (χ4n) is 1.85. The Bertz CT molecular complexity index is 556. The Balaban J connectivity index is 2.13. The van der Waals surface area contributed by atoms with Gasteiger partial charge in [0, 0.05) is 13.1 Å². The lowest BCUT2D eigenvalue weighted by molar-refractivity contribution is -0.132. The predicted molar refractivity (Wildman–Crippen MR) is 77.8 cm³/mol. The van der Waals surface area contributed by atoms with Gasteiger partial charge in [0.15, 0.2) is 18.1 Å². The van der Waals surface area contributed by atoms with Crippen LogP contribution in [0.2, 0.25) is 10.0 Å². The first-order chi connectivity index (χ1) is 9.41. The van der Waals surface area contributed by atoms with Gasteiger partial charge in [-0.15, -0.1) is 0 Å². The average Bonchev–Trinajstić information content (AvgIpc) is 3.23. The van der Waals surface area contributed by atoms with E-state index in [2.05, 4.69) is 0 Å². The topological polar surface area (TPSA) is 46.6 Å². The van der Waals surface area contributed by atoms with E-state index in [0.717, 1.165) is 12.8 Å². The number of Topliss-reactive ketones (excluding diaryl/α,β-unsaturated/α-hetero) is 1. The third kappa shape index (κ3) is 3.25. The molecule has 0 saturated heterocycles. The summed E-state index contributed by atoms with van der Waals surface area (Å²) in [7, 11) is 1.74. The molecule has 1 aliphatic rings. The van der Waals surface area contributed by atoms with Crippen molar-refractivity contribution in [1.82, 2.24) is 4.90 Å². The van der Waals surface area contributed by atoms with Crippen LogP contribution in [0, 0.1) is 0 Å². The molecule has 0 spiro atoms. The molecule has 1 aliphatic carbocycles. The van der Waals surface area contributed by atoms with Crippen LogP contribution in [0.3, 0.4) is 0 Å². The summed E-state index contributed by atoms with van der Waals surface area (Å²) in [4.78, 5) is 25.1. The third-order valence-corrected chi connectivity index (χ3v) is 4.04. The van der Waals surface area contributed by atoms with Crippen LogP contribution in [0.1, 0.15) is 30.1 Å². The second-order valence-corrected chi connectivity index (χ2v) is 5.60. The summed E-state index contributed by atoms with van der Waals surface area (Å²) in [5.74, 6) is -0.163. The Labute approximate surface area is 127 Å². The Morgan fingerprint density at radius 1 is 1.35 bits per heavy atom. The Morgan fingerprint density at radius 2 is 2.00 bits per heavy atom. The molecule has 108 valence electrons. The SMILES string of the molecule is CC(=O)c1ccc(Cl)c(Cl)c1OCC(=O)N(C)C1CC1. The van der Waals surface area contributed by atoms with Gasteiger partial charge in [0.2, 0.25) is 0 Å². The number of carbonyl (C=O) groups is 2. The number of rotatable bonds is 5. The average molecular weight is 316 g/mol. The number of carbonyl (C=O) groups excluding carboxylic acids is 2. The summed E-state index contributed by atoms with van der Waals surface area (Å²) < 4.78 is 5.44. The summed E-state index contributed by atoms with van der Waals surface area (Å²) in [6.45, 7) is 1.25. The summed E-state index contributed by atoms with van der Waals surface area (Å²) in [6.07, 6.45) is 2.05. The molecule has 2 rings (SSSR count). The normalized spacial score (nSPS) is 14.0. The Hall–Kier alpha value is -1.26. The predicted octanol–water partition coefficient (Wildman–Crippen LogP) is 3.20. The Kier molecular flexibility index (Phi) is 4.55. The number of benzene rings is 1. The second kappa shape index (κ2) is 6.02. The van der Waals surface area contributed by atoms with Crippen molar-refractivity contribution in [3.05, 3.63) is 27.7 Å². The molecule has 1 fully saturated rings. The van der Waals surface area contributed by atoms with E-state index in [1.807, 2.05) is 0 Å². The number of halogens is 2. The molecule has 0 atom stereocenters. The third-order valence-electron chi connectivity index (χ3n) is 3.26. The standard InChI is InChI=1S/C14H15Cl2NO3/c1-8(18)10-5-6-11(15)13(16)14(10)20-7-12(19)17(2)9-3-4-9/h5-6,9H,3-4,7H2,1-2H3. The molecule has 0 radical (unpaired) electrons. The van der Waals surface area contributed by atoms with Gasteiger partial charge >= 0.3 is 0 Å². The lowest BCUT2D eigenvalue weighted by Gasteiger charge is -2.18. The first-order valence-corrected chi connectivity index (χ1v) is 7.04. The molecule has 1 aromatic rings. The lowest BCUT2D eigenvalue weighted by Crippen LogP contribution is -2.33.